The van der Waals surface area contributed by atoms with E-state index in [0.717, 1.165) is 22.0 Å². The largest absolute Gasteiger partial charge is 0.397 e. The summed E-state index contributed by atoms with van der Waals surface area (Å²) < 4.78 is 13.0. The minimum Gasteiger partial charge on any atom is -0.397 e. The highest BCUT2D eigenvalue weighted by Crippen LogP contribution is 2.33. The quantitative estimate of drug-likeness (QED) is 0.695. The molecule has 0 saturated carbocycles. The van der Waals surface area contributed by atoms with Gasteiger partial charge in [-0.2, -0.15) is 0 Å². The van der Waals surface area contributed by atoms with Gasteiger partial charge >= 0.3 is 0 Å². The molecule has 1 heterocycles. The number of rotatable bonds is 1. The van der Waals surface area contributed by atoms with Crippen LogP contribution < -0.4 is 11.9 Å². The maximum Gasteiger partial charge on any atom is 0.123 e. The number of hydrogen-bond donors (Lipinski definition) is 2. The van der Waals surface area contributed by atoms with Crippen LogP contribution in [0.4, 0.5) is 10.1 Å². The summed E-state index contributed by atoms with van der Waals surface area (Å²) in [6.07, 6.45) is 1.59. The summed E-state index contributed by atoms with van der Waals surface area (Å²) in [4.78, 5) is 4.26. The van der Waals surface area contributed by atoms with Crippen molar-refractivity contribution in [3.63, 3.8) is 0 Å². The van der Waals surface area contributed by atoms with E-state index in [1.54, 1.807) is 30.5 Å². The molecule has 0 unspecified atom stereocenters. The van der Waals surface area contributed by atoms with Crippen LogP contribution in [0.3, 0.4) is 0 Å². The number of nitrogen functional groups attached to an aromatic ring is 1. The predicted octanol–water partition coefficient (Wildman–Crippen LogP) is 4.44. The van der Waals surface area contributed by atoms with Crippen LogP contribution in [-0.4, -0.2) is 4.98 Å². The zero-order valence-corrected chi connectivity index (χ0v) is 11.4. The standard InChI is InChI=1S/C15H10ClFN2.H3N/c16-10-3-6-12-14(7-10)19-8-13(18)15(12)9-1-4-11(17)5-2-9;/h1-8H,18H2;1H3. The third-order valence-corrected chi connectivity index (χ3v) is 3.23. The second kappa shape index (κ2) is 5.45. The van der Waals surface area contributed by atoms with Gasteiger partial charge in [-0.3, -0.25) is 4.98 Å². The monoisotopic (exact) mass is 289 g/mol. The minimum atomic E-state index is -0.274. The second-order valence-electron chi connectivity index (χ2n) is 4.26. The smallest absolute Gasteiger partial charge is 0.123 e. The molecule has 3 nitrogen and oxygen atoms in total. The molecule has 0 radical (unpaired) electrons. The van der Waals surface area contributed by atoms with Crippen molar-refractivity contribution in [1.82, 2.24) is 11.1 Å². The molecule has 0 atom stereocenters. The predicted molar refractivity (Wildman–Crippen MR) is 81.6 cm³/mol. The fraction of sp³-hybridized carbons (Fsp3) is 0. The molecule has 0 aliphatic rings. The molecule has 0 saturated heterocycles. The van der Waals surface area contributed by atoms with Gasteiger partial charge in [0.25, 0.3) is 0 Å². The average Bonchev–Trinajstić information content (AvgIpc) is 2.40. The maximum absolute atomic E-state index is 13.0. The first-order chi connectivity index (χ1) is 9.15. The van der Waals surface area contributed by atoms with Gasteiger partial charge < -0.3 is 11.9 Å². The van der Waals surface area contributed by atoms with Gasteiger partial charge in [-0.15, -0.1) is 0 Å². The van der Waals surface area contributed by atoms with Crippen molar-refractivity contribution in [3.05, 3.63) is 59.5 Å². The fourth-order valence-electron chi connectivity index (χ4n) is 2.12. The molecular weight excluding hydrogens is 277 g/mol. The molecule has 5 heteroatoms. The summed E-state index contributed by atoms with van der Waals surface area (Å²) in [7, 11) is 0. The van der Waals surface area contributed by atoms with Crippen molar-refractivity contribution in [1.29, 1.82) is 0 Å². The Morgan fingerprint density at radius 1 is 1.05 bits per heavy atom. The van der Waals surface area contributed by atoms with E-state index in [2.05, 4.69) is 4.98 Å². The Bertz CT molecular complexity index is 757. The molecule has 2 aromatic carbocycles. The maximum atomic E-state index is 13.0. The van der Waals surface area contributed by atoms with Crippen molar-refractivity contribution in [3.8, 4) is 11.1 Å². The van der Waals surface area contributed by atoms with Crippen molar-refractivity contribution in [2.24, 2.45) is 0 Å². The molecule has 0 spiro atoms. The molecule has 3 aromatic rings. The van der Waals surface area contributed by atoms with Crippen LogP contribution in [0.2, 0.25) is 5.02 Å². The van der Waals surface area contributed by atoms with Gasteiger partial charge in [-0.05, 0) is 29.8 Å². The van der Waals surface area contributed by atoms with Gasteiger partial charge in [0.2, 0.25) is 0 Å². The van der Waals surface area contributed by atoms with Crippen LogP contribution in [0.5, 0.6) is 0 Å². The van der Waals surface area contributed by atoms with Crippen molar-refractivity contribution >= 4 is 28.2 Å². The number of aromatic nitrogens is 1. The first-order valence-corrected chi connectivity index (χ1v) is 6.12. The zero-order chi connectivity index (χ0) is 13.4. The Kier molecular flexibility index (Phi) is 3.88. The van der Waals surface area contributed by atoms with E-state index in [-0.39, 0.29) is 12.0 Å². The lowest BCUT2D eigenvalue weighted by molar-refractivity contribution is 0.628. The zero-order valence-electron chi connectivity index (χ0n) is 10.6. The Morgan fingerprint density at radius 3 is 2.45 bits per heavy atom. The van der Waals surface area contributed by atoms with Crippen molar-refractivity contribution < 1.29 is 4.39 Å². The SMILES string of the molecule is N.Nc1cnc2cc(Cl)ccc2c1-c1ccc(F)cc1. The minimum absolute atomic E-state index is 0. The molecule has 102 valence electrons. The molecule has 0 aliphatic carbocycles. The number of hydrogen-bond acceptors (Lipinski definition) is 3. The van der Waals surface area contributed by atoms with E-state index in [1.807, 2.05) is 6.07 Å². The Balaban J connectivity index is 0.00000147. The van der Waals surface area contributed by atoms with E-state index >= 15 is 0 Å². The van der Waals surface area contributed by atoms with E-state index in [1.165, 1.54) is 12.1 Å². The molecular formula is C15H13ClFN3. The van der Waals surface area contributed by atoms with Gasteiger partial charge in [-0.25, -0.2) is 4.39 Å². The lowest BCUT2D eigenvalue weighted by Crippen LogP contribution is -1.94. The average molecular weight is 290 g/mol. The molecule has 0 fully saturated rings. The van der Waals surface area contributed by atoms with Gasteiger partial charge in [-0.1, -0.05) is 29.8 Å². The number of halogens is 2. The third-order valence-electron chi connectivity index (χ3n) is 2.99. The van der Waals surface area contributed by atoms with Crippen molar-refractivity contribution in [2.45, 2.75) is 0 Å². The van der Waals surface area contributed by atoms with E-state index in [4.69, 9.17) is 17.3 Å². The van der Waals surface area contributed by atoms with Crippen LogP contribution in [0, 0.1) is 5.82 Å². The Labute approximate surface area is 120 Å². The number of nitrogens with zero attached hydrogens (tertiary/aromatic N) is 1. The van der Waals surface area contributed by atoms with Crippen LogP contribution in [-0.2, 0) is 0 Å². The van der Waals surface area contributed by atoms with Gasteiger partial charge in [0.15, 0.2) is 0 Å². The van der Waals surface area contributed by atoms with Crippen LogP contribution in [0.25, 0.3) is 22.0 Å². The number of pyridine rings is 1. The molecule has 0 bridgehead atoms. The van der Waals surface area contributed by atoms with E-state index in [9.17, 15) is 4.39 Å². The topological polar surface area (TPSA) is 73.9 Å². The highest BCUT2D eigenvalue weighted by atomic mass is 35.5. The highest BCUT2D eigenvalue weighted by molar-refractivity contribution is 6.31. The first kappa shape index (κ1) is 14.2. The fourth-order valence-corrected chi connectivity index (χ4v) is 2.29. The molecule has 20 heavy (non-hydrogen) atoms. The van der Waals surface area contributed by atoms with E-state index < -0.39 is 0 Å². The summed E-state index contributed by atoms with van der Waals surface area (Å²) in [5.74, 6) is -0.274. The Hall–Kier alpha value is -2.17. The van der Waals surface area contributed by atoms with Crippen LogP contribution >= 0.6 is 11.6 Å². The third kappa shape index (κ3) is 2.43. The molecule has 3 rings (SSSR count). The number of nitrogens with two attached hydrogens (primary N) is 1. The molecule has 1 aromatic heterocycles. The van der Waals surface area contributed by atoms with Gasteiger partial charge in [0, 0.05) is 16.0 Å². The number of anilines is 1. The van der Waals surface area contributed by atoms with Gasteiger partial charge in [0.1, 0.15) is 5.82 Å². The number of benzene rings is 2. The molecule has 0 aliphatic heterocycles. The summed E-state index contributed by atoms with van der Waals surface area (Å²) in [6, 6.07) is 11.7. The second-order valence-corrected chi connectivity index (χ2v) is 4.69. The summed E-state index contributed by atoms with van der Waals surface area (Å²) in [5, 5.41) is 1.52. The highest BCUT2D eigenvalue weighted by Gasteiger charge is 2.09. The molecule has 0 amide bonds. The van der Waals surface area contributed by atoms with Crippen molar-refractivity contribution in [2.75, 3.05) is 5.73 Å². The van der Waals surface area contributed by atoms with Crippen LogP contribution in [0.15, 0.2) is 48.7 Å². The van der Waals surface area contributed by atoms with E-state index in [0.29, 0.717) is 10.7 Å². The lowest BCUT2D eigenvalue weighted by Gasteiger charge is -2.10. The first-order valence-electron chi connectivity index (χ1n) is 5.75. The summed E-state index contributed by atoms with van der Waals surface area (Å²) in [6.45, 7) is 0. The summed E-state index contributed by atoms with van der Waals surface area (Å²) in [5.41, 5.74) is 9.03. The normalized spacial score (nSPS) is 10.3. The van der Waals surface area contributed by atoms with Gasteiger partial charge in [0.05, 0.1) is 17.4 Å². The number of fused-ring (bicyclic) bond motifs is 1. The Morgan fingerprint density at radius 2 is 1.75 bits per heavy atom. The molecule has 5 N–H and O–H groups in total. The summed E-state index contributed by atoms with van der Waals surface area (Å²) >= 11 is 5.96. The lowest BCUT2D eigenvalue weighted by atomic mass is 10.00. The van der Waals surface area contributed by atoms with Crippen LogP contribution in [0.1, 0.15) is 0 Å².